The summed E-state index contributed by atoms with van der Waals surface area (Å²) in [6.07, 6.45) is 2.83. The Morgan fingerprint density at radius 3 is 2.50 bits per heavy atom. The first-order valence-electron chi connectivity index (χ1n) is 5.85. The Labute approximate surface area is 103 Å². The van der Waals surface area contributed by atoms with Crippen molar-refractivity contribution < 1.29 is 23.4 Å². The van der Waals surface area contributed by atoms with Crippen LogP contribution in [-0.4, -0.2) is 17.7 Å². The number of hydrogen-bond donors (Lipinski definition) is 1. The fraction of sp³-hybridized carbons (Fsp3) is 0.462. The first-order chi connectivity index (χ1) is 8.53. The maximum atomic E-state index is 13.0. The minimum atomic E-state index is -0.997. The standard InChI is InChI=1S/C13H14F2O3/c14-10-4-3-9(7-11(10)15)18-8-13(12(16)17)5-1-2-6-13/h3-4,7H,1-2,5-6,8H2,(H,16,17). The molecule has 3 nitrogen and oxygen atoms in total. The van der Waals surface area contributed by atoms with Gasteiger partial charge in [-0.3, -0.25) is 4.79 Å². The van der Waals surface area contributed by atoms with Crippen molar-refractivity contribution in [3.8, 4) is 5.75 Å². The Balaban J connectivity index is 2.05. The van der Waals surface area contributed by atoms with Gasteiger partial charge in [0.15, 0.2) is 11.6 Å². The van der Waals surface area contributed by atoms with E-state index in [1.54, 1.807) is 0 Å². The van der Waals surface area contributed by atoms with Crippen LogP contribution in [0.4, 0.5) is 8.78 Å². The van der Waals surface area contributed by atoms with Gasteiger partial charge >= 0.3 is 5.97 Å². The molecule has 1 aromatic rings. The molecule has 0 bridgehead atoms. The van der Waals surface area contributed by atoms with E-state index in [2.05, 4.69) is 0 Å². The number of carbonyl (C=O) groups is 1. The molecular weight excluding hydrogens is 242 g/mol. The molecule has 0 aromatic heterocycles. The Kier molecular flexibility index (Phi) is 3.50. The van der Waals surface area contributed by atoms with Crippen molar-refractivity contribution in [3.05, 3.63) is 29.8 Å². The van der Waals surface area contributed by atoms with E-state index in [9.17, 15) is 18.7 Å². The molecule has 5 heteroatoms. The van der Waals surface area contributed by atoms with Crippen molar-refractivity contribution in [1.82, 2.24) is 0 Å². The Morgan fingerprint density at radius 1 is 1.28 bits per heavy atom. The van der Waals surface area contributed by atoms with Crippen LogP contribution in [0.3, 0.4) is 0 Å². The summed E-state index contributed by atoms with van der Waals surface area (Å²) in [4.78, 5) is 11.3. The van der Waals surface area contributed by atoms with E-state index in [0.29, 0.717) is 12.8 Å². The molecule has 0 atom stereocenters. The van der Waals surface area contributed by atoms with Crippen LogP contribution in [0.15, 0.2) is 18.2 Å². The molecule has 0 radical (unpaired) electrons. The van der Waals surface area contributed by atoms with Gasteiger partial charge in [0.25, 0.3) is 0 Å². The zero-order chi connectivity index (χ0) is 13.2. The summed E-state index contributed by atoms with van der Waals surface area (Å²) < 4.78 is 31.0. The van der Waals surface area contributed by atoms with Crippen LogP contribution >= 0.6 is 0 Å². The van der Waals surface area contributed by atoms with E-state index < -0.39 is 23.0 Å². The second kappa shape index (κ2) is 4.92. The highest BCUT2D eigenvalue weighted by Gasteiger charge is 2.42. The van der Waals surface area contributed by atoms with Crippen molar-refractivity contribution in [2.24, 2.45) is 5.41 Å². The number of hydrogen-bond acceptors (Lipinski definition) is 2. The van der Waals surface area contributed by atoms with Crippen LogP contribution in [-0.2, 0) is 4.79 Å². The third-order valence-corrected chi connectivity index (χ3v) is 3.42. The fourth-order valence-electron chi connectivity index (χ4n) is 2.26. The van der Waals surface area contributed by atoms with E-state index in [1.807, 2.05) is 0 Å². The Bertz CT molecular complexity index is 454. The van der Waals surface area contributed by atoms with Gasteiger partial charge in [0, 0.05) is 6.07 Å². The first-order valence-corrected chi connectivity index (χ1v) is 5.85. The van der Waals surface area contributed by atoms with Crippen LogP contribution in [0.5, 0.6) is 5.75 Å². The minimum absolute atomic E-state index is 0.00654. The van der Waals surface area contributed by atoms with Gasteiger partial charge in [0.05, 0.1) is 0 Å². The molecule has 1 saturated carbocycles. The normalized spacial score (nSPS) is 17.7. The summed E-state index contributed by atoms with van der Waals surface area (Å²) in [5, 5.41) is 9.23. The average Bonchev–Trinajstić information content (AvgIpc) is 2.81. The van der Waals surface area contributed by atoms with Gasteiger partial charge in [-0.25, -0.2) is 8.78 Å². The molecule has 98 valence electrons. The summed E-state index contributed by atoms with van der Waals surface area (Å²) in [6.45, 7) is -0.00654. The molecule has 0 heterocycles. The zero-order valence-corrected chi connectivity index (χ0v) is 9.79. The van der Waals surface area contributed by atoms with E-state index in [-0.39, 0.29) is 12.4 Å². The van der Waals surface area contributed by atoms with E-state index >= 15 is 0 Å². The van der Waals surface area contributed by atoms with Gasteiger partial charge < -0.3 is 9.84 Å². The SMILES string of the molecule is O=C(O)C1(COc2ccc(F)c(F)c2)CCCC1. The van der Waals surface area contributed by atoms with Crippen LogP contribution in [0.1, 0.15) is 25.7 Å². The quantitative estimate of drug-likeness (QED) is 0.900. The lowest BCUT2D eigenvalue weighted by Crippen LogP contribution is -2.34. The summed E-state index contributed by atoms with van der Waals surface area (Å²) in [7, 11) is 0. The van der Waals surface area contributed by atoms with Gasteiger partial charge in [0.1, 0.15) is 17.8 Å². The van der Waals surface area contributed by atoms with E-state index in [1.165, 1.54) is 6.07 Å². The Hall–Kier alpha value is -1.65. The molecule has 0 unspecified atom stereocenters. The molecule has 0 amide bonds. The lowest BCUT2D eigenvalue weighted by Gasteiger charge is -2.23. The number of ether oxygens (including phenoxy) is 1. The van der Waals surface area contributed by atoms with Crippen molar-refractivity contribution in [3.63, 3.8) is 0 Å². The number of benzene rings is 1. The van der Waals surface area contributed by atoms with Gasteiger partial charge in [-0.05, 0) is 25.0 Å². The maximum absolute atomic E-state index is 13.0. The van der Waals surface area contributed by atoms with Crippen molar-refractivity contribution in [2.45, 2.75) is 25.7 Å². The molecule has 0 aliphatic heterocycles. The minimum Gasteiger partial charge on any atom is -0.492 e. The molecule has 1 aromatic carbocycles. The summed E-state index contributed by atoms with van der Waals surface area (Å²) in [5.74, 6) is -2.68. The van der Waals surface area contributed by atoms with Gasteiger partial charge in [0.2, 0.25) is 0 Å². The molecule has 0 saturated heterocycles. The number of halogens is 2. The highest BCUT2D eigenvalue weighted by Crippen LogP contribution is 2.38. The van der Waals surface area contributed by atoms with Crippen molar-refractivity contribution in [2.75, 3.05) is 6.61 Å². The molecule has 18 heavy (non-hydrogen) atoms. The fourth-order valence-corrected chi connectivity index (χ4v) is 2.26. The number of carboxylic acids is 1. The number of aliphatic carboxylic acids is 1. The van der Waals surface area contributed by atoms with Crippen LogP contribution in [0, 0.1) is 17.0 Å². The third kappa shape index (κ3) is 2.44. The Morgan fingerprint density at radius 2 is 1.94 bits per heavy atom. The van der Waals surface area contributed by atoms with Crippen LogP contribution in [0.2, 0.25) is 0 Å². The lowest BCUT2D eigenvalue weighted by molar-refractivity contribution is -0.150. The predicted octanol–water partition coefficient (Wildman–Crippen LogP) is 2.99. The molecule has 1 aliphatic carbocycles. The number of rotatable bonds is 4. The number of carboxylic acid groups (broad SMARTS) is 1. The first kappa shape index (κ1) is 12.8. The molecule has 2 rings (SSSR count). The molecule has 1 N–H and O–H groups in total. The van der Waals surface area contributed by atoms with Gasteiger partial charge in [-0.2, -0.15) is 0 Å². The zero-order valence-electron chi connectivity index (χ0n) is 9.79. The molecular formula is C13H14F2O3. The summed E-state index contributed by atoms with van der Waals surface area (Å²) in [5.41, 5.74) is -0.884. The molecule has 1 aliphatic rings. The van der Waals surface area contributed by atoms with Gasteiger partial charge in [-0.15, -0.1) is 0 Å². The van der Waals surface area contributed by atoms with E-state index in [0.717, 1.165) is 25.0 Å². The third-order valence-electron chi connectivity index (χ3n) is 3.42. The largest absolute Gasteiger partial charge is 0.492 e. The van der Waals surface area contributed by atoms with Crippen molar-refractivity contribution >= 4 is 5.97 Å². The second-order valence-electron chi connectivity index (χ2n) is 4.66. The second-order valence-corrected chi connectivity index (χ2v) is 4.66. The molecule has 0 spiro atoms. The van der Waals surface area contributed by atoms with Crippen molar-refractivity contribution in [1.29, 1.82) is 0 Å². The molecule has 1 fully saturated rings. The highest BCUT2D eigenvalue weighted by molar-refractivity contribution is 5.75. The predicted molar refractivity (Wildman–Crippen MR) is 60.4 cm³/mol. The van der Waals surface area contributed by atoms with Crippen LogP contribution in [0.25, 0.3) is 0 Å². The maximum Gasteiger partial charge on any atom is 0.313 e. The monoisotopic (exact) mass is 256 g/mol. The summed E-state index contributed by atoms with van der Waals surface area (Å²) in [6, 6.07) is 3.19. The topological polar surface area (TPSA) is 46.5 Å². The summed E-state index contributed by atoms with van der Waals surface area (Å²) >= 11 is 0. The van der Waals surface area contributed by atoms with Gasteiger partial charge in [-0.1, -0.05) is 12.8 Å². The van der Waals surface area contributed by atoms with E-state index in [4.69, 9.17) is 4.74 Å². The smallest absolute Gasteiger partial charge is 0.313 e. The van der Waals surface area contributed by atoms with Crippen LogP contribution < -0.4 is 4.74 Å². The lowest BCUT2D eigenvalue weighted by atomic mass is 9.87. The highest BCUT2D eigenvalue weighted by atomic mass is 19.2. The average molecular weight is 256 g/mol.